The van der Waals surface area contributed by atoms with Gasteiger partial charge in [0.1, 0.15) is 17.6 Å². The van der Waals surface area contributed by atoms with Gasteiger partial charge in [0.15, 0.2) is 10.9 Å². The van der Waals surface area contributed by atoms with E-state index in [1.54, 1.807) is 19.3 Å². The summed E-state index contributed by atoms with van der Waals surface area (Å²) in [4.78, 5) is 30.5. The minimum atomic E-state index is -0.447. The van der Waals surface area contributed by atoms with Crippen LogP contribution in [0.5, 0.6) is 0 Å². The number of carbonyl (C=O) groups is 2. The number of benzene rings is 1. The summed E-state index contributed by atoms with van der Waals surface area (Å²) >= 11 is 1.14. The zero-order valence-electron chi connectivity index (χ0n) is 16.3. The van der Waals surface area contributed by atoms with E-state index in [0.717, 1.165) is 11.3 Å². The summed E-state index contributed by atoms with van der Waals surface area (Å²) in [5, 5.41) is 3.01. The van der Waals surface area contributed by atoms with Gasteiger partial charge < -0.3 is 9.47 Å². The van der Waals surface area contributed by atoms with Gasteiger partial charge in [0.05, 0.1) is 11.1 Å². The fourth-order valence-corrected chi connectivity index (χ4v) is 4.08. The smallest absolute Gasteiger partial charge is 0.257 e. The Morgan fingerprint density at radius 3 is 2.66 bits per heavy atom. The van der Waals surface area contributed by atoms with Crippen LogP contribution in [0.4, 0.5) is 9.52 Å². The van der Waals surface area contributed by atoms with Crippen LogP contribution in [0.2, 0.25) is 0 Å². The summed E-state index contributed by atoms with van der Waals surface area (Å²) in [6.07, 6.45) is 4.18. The number of halogens is 1. The van der Waals surface area contributed by atoms with Crippen molar-refractivity contribution in [3.8, 4) is 0 Å². The van der Waals surface area contributed by atoms with E-state index in [2.05, 4.69) is 10.3 Å². The predicted octanol–water partition coefficient (Wildman–Crippen LogP) is 4.76. The first-order valence-electron chi connectivity index (χ1n) is 9.45. The van der Waals surface area contributed by atoms with Crippen molar-refractivity contribution < 1.29 is 23.5 Å². The molecule has 3 rings (SSSR count). The minimum absolute atomic E-state index is 0.000917. The van der Waals surface area contributed by atoms with E-state index in [1.165, 1.54) is 24.3 Å². The molecule has 1 fully saturated rings. The second kappa shape index (κ2) is 9.76. The Balaban J connectivity index is 1.85. The summed E-state index contributed by atoms with van der Waals surface area (Å²) in [6.45, 7) is 4.75. The van der Waals surface area contributed by atoms with Crippen LogP contribution in [0, 0.1) is 11.7 Å². The lowest BCUT2D eigenvalue weighted by atomic mass is 9.93. The Bertz CT molecular complexity index is 889. The van der Waals surface area contributed by atoms with E-state index in [9.17, 15) is 14.0 Å². The number of amides is 1. The number of anilines is 1. The zero-order chi connectivity index (χ0) is 20.8. The van der Waals surface area contributed by atoms with Gasteiger partial charge in [-0.05, 0) is 51.0 Å². The Morgan fingerprint density at radius 1 is 1.31 bits per heavy atom. The van der Waals surface area contributed by atoms with Gasteiger partial charge in [-0.2, -0.15) is 0 Å². The lowest BCUT2D eigenvalue weighted by molar-refractivity contribution is 0.0544. The quantitative estimate of drug-likeness (QED) is 0.518. The summed E-state index contributed by atoms with van der Waals surface area (Å²) in [6, 6.07) is 5.22. The van der Waals surface area contributed by atoms with Crippen LogP contribution in [0.1, 0.15) is 58.5 Å². The Morgan fingerprint density at radius 2 is 2.00 bits per heavy atom. The van der Waals surface area contributed by atoms with Gasteiger partial charge in [-0.1, -0.05) is 17.4 Å². The van der Waals surface area contributed by atoms with Gasteiger partial charge in [0.25, 0.3) is 5.91 Å². The van der Waals surface area contributed by atoms with Crippen LogP contribution in [0.15, 0.2) is 36.6 Å². The summed E-state index contributed by atoms with van der Waals surface area (Å²) in [5.74, 6) is -0.966. The molecule has 29 heavy (non-hydrogen) atoms. The number of hydrogen-bond donors (Lipinski definition) is 1. The topological polar surface area (TPSA) is 77.5 Å². The number of hydrogen-bond acceptors (Lipinski definition) is 6. The number of ketones is 1. The minimum Gasteiger partial charge on any atom is -0.492 e. The molecule has 2 aromatic rings. The molecule has 2 heterocycles. The van der Waals surface area contributed by atoms with E-state index >= 15 is 0 Å². The number of allylic oxidation sites excluding steroid dienone is 1. The Kier molecular flexibility index (Phi) is 7.11. The first-order valence-corrected chi connectivity index (χ1v) is 10.3. The maximum atomic E-state index is 13.1. The molecule has 0 radical (unpaired) electrons. The Hall–Kier alpha value is -2.58. The number of nitrogens with zero attached hydrogens (tertiary/aromatic N) is 1. The standard InChI is InChI=1S/C21H23FN2O4S/c1-3-10-28-13(2)17-19(18(25)14-8-11-27-12-9-14)29-21(23-17)24-20(26)15-4-6-16(22)7-5-15/h3-7,10,13-14H,8-9,11-12H2,1-2H3,(H,23,24,26)/b10-3-. The van der Waals surface area contributed by atoms with Crippen LogP contribution in [0.3, 0.4) is 0 Å². The van der Waals surface area contributed by atoms with E-state index in [4.69, 9.17) is 9.47 Å². The average Bonchev–Trinajstić information content (AvgIpc) is 3.16. The number of ether oxygens (including phenoxy) is 2. The third-order valence-corrected chi connectivity index (χ3v) is 5.60. The van der Waals surface area contributed by atoms with Crippen molar-refractivity contribution in [1.29, 1.82) is 0 Å². The van der Waals surface area contributed by atoms with Crippen molar-refractivity contribution in [2.75, 3.05) is 18.5 Å². The lowest BCUT2D eigenvalue weighted by Gasteiger charge is -2.21. The highest BCUT2D eigenvalue weighted by Crippen LogP contribution is 2.33. The van der Waals surface area contributed by atoms with Gasteiger partial charge in [-0.25, -0.2) is 9.37 Å². The molecule has 0 bridgehead atoms. The van der Waals surface area contributed by atoms with Crippen LogP contribution in [0.25, 0.3) is 0 Å². The molecule has 1 unspecified atom stereocenters. The monoisotopic (exact) mass is 418 g/mol. The largest absolute Gasteiger partial charge is 0.492 e. The van der Waals surface area contributed by atoms with Gasteiger partial charge >= 0.3 is 0 Å². The number of thiazole rings is 1. The summed E-state index contributed by atoms with van der Waals surface area (Å²) < 4.78 is 24.0. The SMILES string of the molecule is C/C=C\OC(C)c1nc(NC(=O)c2ccc(F)cc2)sc1C(=O)C1CCOCC1. The van der Waals surface area contributed by atoms with Crippen molar-refractivity contribution >= 4 is 28.2 Å². The molecule has 154 valence electrons. The van der Waals surface area contributed by atoms with Gasteiger partial charge in [0, 0.05) is 24.7 Å². The van der Waals surface area contributed by atoms with Crippen LogP contribution < -0.4 is 5.32 Å². The first kappa shape index (κ1) is 21.1. The highest BCUT2D eigenvalue weighted by Gasteiger charge is 2.30. The number of nitrogens with one attached hydrogen (secondary N) is 1. The molecule has 0 saturated carbocycles. The molecule has 1 atom stereocenters. The highest BCUT2D eigenvalue weighted by molar-refractivity contribution is 7.17. The maximum absolute atomic E-state index is 13.1. The second-order valence-electron chi connectivity index (χ2n) is 6.69. The predicted molar refractivity (Wildman–Crippen MR) is 109 cm³/mol. The maximum Gasteiger partial charge on any atom is 0.257 e. The molecule has 0 aliphatic carbocycles. The fraction of sp³-hybridized carbons (Fsp3) is 0.381. The zero-order valence-corrected chi connectivity index (χ0v) is 17.1. The van der Waals surface area contributed by atoms with Crippen LogP contribution >= 0.6 is 11.3 Å². The van der Waals surface area contributed by atoms with E-state index < -0.39 is 17.8 Å². The van der Waals surface area contributed by atoms with E-state index in [0.29, 0.717) is 47.3 Å². The molecule has 1 aliphatic rings. The average molecular weight is 418 g/mol. The number of aromatic nitrogens is 1. The molecule has 1 N–H and O–H groups in total. The van der Waals surface area contributed by atoms with Crippen molar-refractivity contribution in [3.63, 3.8) is 0 Å². The van der Waals surface area contributed by atoms with Gasteiger partial charge in [0.2, 0.25) is 0 Å². The Labute approximate surface area is 172 Å². The number of rotatable bonds is 7. The molecule has 1 aromatic heterocycles. The molecule has 1 amide bonds. The molecule has 8 heteroatoms. The molecule has 1 saturated heterocycles. The van der Waals surface area contributed by atoms with Crippen LogP contribution in [-0.2, 0) is 9.47 Å². The lowest BCUT2D eigenvalue weighted by Crippen LogP contribution is -2.24. The molecular formula is C21H23FN2O4S. The van der Waals surface area contributed by atoms with Gasteiger partial charge in [-0.15, -0.1) is 0 Å². The first-order chi connectivity index (χ1) is 14.0. The van der Waals surface area contributed by atoms with E-state index in [-0.39, 0.29) is 11.7 Å². The fourth-order valence-electron chi connectivity index (χ4n) is 3.01. The third-order valence-electron chi connectivity index (χ3n) is 4.60. The van der Waals surface area contributed by atoms with Crippen LogP contribution in [-0.4, -0.2) is 29.9 Å². The molecule has 1 aliphatic heterocycles. The molecular weight excluding hydrogens is 395 g/mol. The normalized spacial score (nSPS) is 16.0. The van der Waals surface area contributed by atoms with Crippen molar-refractivity contribution in [2.45, 2.75) is 32.8 Å². The molecule has 1 aromatic carbocycles. The third kappa shape index (κ3) is 5.27. The summed E-state index contributed by atoms with van der Waals surface area (Å²) in [5.41, 5.74) is 0.803. The number of Topliss-reactive ketones (excluding diaryl/α,β-unsaturated/α-hetero) is 1. The number of carbonyl (C=O) groups excluding carboxylic acids is 2. The van der Waals surface area contributed by atoms with Crippen molar-refractivity contribution in [2.24, 2.45) is 5.92 Å². The van der Waals surface area contributed by atoms with E-state index in [1.807, 2.05) is 6.92 Å². The molecule has 6 nitrogen and oxygen atoms in total. The van der Waals surface area contributed by atoms with Crippen molar-refractivity contribution in [3.05, 3.63) is 58.6 Å². The summed E-state index contributed by atoms with van der Waals surface area (Å²) in [7, 11) is 0. The molecule has 0 spiro atoms. The highest BCUT2D eigenvalue weighted by atomic mass is 32.1. The van der Waals surface area contributed by atoms with Crippen molar-refractivity contribution in [1.82, 2.24) is 4.98 Å². The second-order valence-corrected chi connectivity index (χ2v) is 7.69. The van der Waals surface area contributed by atoms with Gasteiger partial charge in [-0.3, -0.25) is 14.9 Å².